The molecule has 0 unspecified atom stereocenters. The molecule has 0 saturated carbocycles. The second kappa shape index (κ2) is 7.35. The third kappa shape index (κ3) is 4.31. The number of hydrogen-bond acceptors (Lipinski definition) is 5. The van der Waals surface area contributed by atoms with E-state index >= 15 is 0 Å². The molecule has 3 aromatic heterocycles. The lowest BCUT2D eigenvalue weighted by atomic mass is 10.1. The van der Waals surface area contributed by atoms with Gasteiger partial charge in [-0.1, -0.05) is 0 Å². The number of nitrogens with zero attached hydrogens (tertiary/aromatic N) is 3. The highest BCUT2D eigenvalue weighted by atomic mass is 32.1. The Balaban J connectivity index is 0.000000176. The molecule has 7 nitrogen and oxygen atoms in total. The number of nitrogens with two attached hydrogens (primary N) is 1. The van der Waals surface area contributed by atoms with Crippen molar-refractivity contribution in [1.29, 1.82) is 0 Å². The van der Waals surface area contributed by atoms with Gasteiger partial charge in [-0.2, -0.15) is 13.2 Å². The summed E-state index contributed by atoms with van der Waals surface area (Å²) in [6.07, 6.45) is -1.32. The van der Waals surface area contributed by atoms with Crippen LogP contribution in [0.15, 0.2) is 42.3 Å². The molecule has 0 aliphatic carbocycles. The Kier molecular flexibility index (Phi) is 5.10. The van der Waals surface area contributed by atoms with E-state index in [0.717, 1.165) is 22.7 Å². The van der Waals surface area contributed by atoms with E-state index in [2.05, 4.69) is 15.0 Å². The number of halogens is 3. The molecule has 28 heavy (non-hydrogen) atoms. The van der Waals surface area contributed by atoms with Crippen LogP contribution in [-0.2, 0) is 6.18 Å². The summed E-state index contributed by atoms with van der Waals surface area (Å²) in [4.78, 5) is 21.9. The summed E-state index contributed by atoms with van der Waals surface area (Å²) in [5, 5.41) is 8.55. The van der Waals surface area contributed by atoms with Crippen molar-refractivity contribution < 1.29 is 23.1 Å². The van der Waals surface area contributed by atoms with Crippen LogP contribution in [0, 0.1) is 6.92 Å². The van der Waals surface area contributed by atoms with Gasteiger partial charge in [0.2, 0.25) is 0 Å². The molecule has 0 saturated heterocycles. The number of carboxylic acids is 1. The van der Waals surface area contributed by atoms with E-state index < -0.39 is 17.7 Å². The van der Waals surface area contributed by atoms with Crippen LogP contribution in [0.4, 0.5) is 18.9 Å². The van der Waals surface area contributed by atoms with Gasteiger partial charge in [-0.05, 0) is 31.2 Å². The minimum atomic E-state index is -4.40. The predicted molar refractivity (Wildman–Crippen MR) is 98.6 cm³/mol. The molecule has 0 aliphatic heterocycles. The molecule has 0 spiro atoms. The maximum absolute atomic E-state index is 12.6. The zero-order valence-electron chi connectivity index (χ0n) is 14.4. The van der Waals surface area contributed by atoms with E-state index in [1.165, 1.54) is 34.4 Å². The molecule has 4 N–H and O–H groups in total. The van der Waals surface area contributed by atoms with Crippen molar-refractivity contribution in [2.75, 3.05) is 5.73 Å². The zero-order chi connectivity index (χ0) is 20.5. The van der Waals surface area contributed by atoms with Crippen LogP contribution in [0.25, 0.3) is 16.0 Å². The monoisotopic (exact) mass is 409 g/mol. The number of H-pyrrole nitrogens is 1. The third-order valence-corrected chi connectivity index (χ3v) is 4.39. The fourth-order valence-electron chi connectivity index (χ4n) is 2.37. The Morgan fingerprint density at radius 1 is 1.25 bits per heavy atom. The predicted octanol–water partition coefficient (Wildman–Crippen LogP) is 4.10. The van der Waals surface area contributed by atoms with Crippen molar-refractivity contribution in [1.82, 2.24) is 19.5 Å². The van der Waals surface area contributed by atoms with E-state index in [1.807, 2.05) is 0 Å². The van der Waals surface area contributed by atoms with E-state index in [4.69, 9.17) is 10.8 Å². The van der Waals surface area contributed by atoms with Crippen molar-refractivity contribution in [3.63, 3.8) is 0 Å². The number of carbonyl (C=O) groups is 1. The highest BCUT2D eigenvalue weighted by Gasteiger charge is 2.31. The largest absolute Gasteiger partial charge is 0.477 e. The number of aromatic carboxylic acids is 1. The van der Waals surface area contributed by atoms with Crippen LogP contribution in [0.3, 0.4) is 0 Å². The van der Waals surface area contributed by atoms with E-state index in [9.17, 15) is 18.0 Å². The molecule has 4 aromatic rings. The number of anilines is 1. The van der Waals surface area contributed by atoms with Gasteiger partial charge < -0.3 is 20.4 Å². The van der Waals surface area contributed by atoms with E-state index in [-0.39, 0.29) is 11.4 Å². The van der Waals surface area contributed by atoms with E-state index in [1.54, 1.807) is 18.6 Å². The Bertz CT molecular complexity index is 1100. The number of aromatic nitrogens is 4. The molecular formula is C17H14F3N5O2S. The van der Waals surface area contributed by atoms with Crippen LogP contribution in [0.5, 0.6) is 0 Å². The normalized spacial score (nSPS) is 11.3. The second-order valence-corrected chi connectivity index (χ2v) is 6.64. The summed E-state index contributed by atoms with van der Waals surface area (Å²) in [5.74, 6) is -0.949. The first-order chi connectivity index (χ1) is 13.1. The Morgan fingerprint density at radius 3 is 2.57 bits per heavy atom. The maximum Gasteiger partial charge on any atom is 0.416 e. The number of nitrogen functional groups attached to an aromatic ring is 1. The second-order valence-electron chi connectivity index (χ2n) is 5.79. The van der Waals surface area contributed by atoms with Crippen LogP contribution in [0.2, 0.25) is 0 Å². The number of hydrogen-bond donors (Lipinski definition) is 3. The Hall–Kier alpha value is -3.34. The van der Waals surface area contributed by atoms with Crippen LogP contribution in [-0.4, -0.2) is 30.6 Å². The quantitative estimate of drug-likeness (QED) is 0.432. The first kappa shape index (κ1) is 19.4. The fourth-order valence-corrected chi connectivity index (χ4v) is 3.04. The summed E-state index contributed by atoms with van der Waals surface area (Å²) in [7, 11) is 0. The third-order valence-electron chi connectivity index (χ3n) is 3.63. The van der Waals surface area contributed by atoms with Crippen molar-refractivity contribution >= 4 is 33.3 Å². The molecule has 11 heteroatoms. The molecule has 0 radical (unpaired) electrons. The Labute approximate surface area is 160 Å². The van der Waals surface area contributed by atoms with Gasteiger partial charge in [-0.15, -0.1) is 11.3 Å². The van der Waals surface area contributed by atoms with Gasteiger partial charge in [0.1, 0.15) is 16.0 Å². The maximum atomic E-state index is 12.6. The number of rotatable bonds is 2. The summed E-state index contributed by atoms with van der Waals surface area (Å²) in [5.41, 5.74) is 8.42. The van der Waals surface area contributed by atoms with Gasteiger partial charge in [0.15, 0.2) is 0 Å². The topological polar surface area (TPSA) is 110 Å². The van der Waals surface area contributed by atoms with Crippen LogP contribution >= 0.6 is 11.3 Å². The molecule has 0 aliphatic rings. The molecule has 3 heterocycles. The molecule has 0 atom stereocenters. The molecule has 0 fully saturated rings. The highest BCUT2D eigenvalue weighted by molar-refractivity contribution is 7.16. The van der Waals surface area contributed by atoms with Crippen LogP contribution < -0.4 is 5.73 Å². The number of nitrogens with one attached hydrogen (secondary N) is 1. The summed E-state index contributed by atoms with van der Waals surface area (Å²) in [6, 6.07) is 4.94. The molecule has 1 aromatic carbocycles. The number of thiazole rings is 1. The summed E-state index contributed by atoms with van der Waals surface area (Å²) in [6.45, 7) is 1.76. The fraction of sp³-hybridized carbons (Fsp3) is 0.118. The lowest BCUT2D eigenvalue weighted by Gasteiger charge is -2.10. The molecule has 4 rings (SSSR count). The van der Waals surface area contributed by atoms with Crippen molar-refractivity contribution in [3.05, 3.63) is 59.3 Å². The number of aryl methyl sites for hydroxylation is 1. The minimum Gasteiger partial charge on any atom is -0.477 e. The molecule has 146 valence electrons. The number of aromatic amines is 1. The smallest absolute Gasteiger partial charge is 0.416 e. The standard InChI is InChI=1S/C11H10F3N3.C6H4N2O2S/c1-7-5-17(6-16-7)10-3-8(11(12,13)14)2-9(15)4-10;9-6(10)4-1-3-5(8-4)11-2-7-3/h2-6H,15H2,1H3;1-2,8H,(H,9,10). The number of benzene rings is 1. The van der Waals surface area contributed by atoms with Crippen molar-refractivity contribution in [2.45, 2.75) is 13.1 Å². The SMILES string of the molecule is Cc1cn(-c2cc(N)cc(C(F)(F)F)c2)cn1.O=C(O)c1cc2ncsc2[nH]1. The molecule has 0 bridgehead atoms. The number of fused-ring (bicyclic) bond motifs is 1. The van der Waals surface area contributed by atoms with Gasteiger partial charge >= 0.3 is 12.1 Å². The van der Waals surface area contributed by atoms with Gasteiger partial charge in [-0.25, -0.2) is 14.8 Å². The summed E-state index contributed by atoms with van der Waals surface area (Å²) < 4.78 is 39.3. The van der Waals surface area contributed by atoms with Crippen molar-refractivity contribution in [2.24, 2.45) is 0 Å². The van der Waals surface area contributed by atoms with Gasteiger partial charge in [0.25, 0.3) is 0 Å². The molecule has 0 amide bonds. The summed E-state index contributed by atoms with van der Waals surface area (Å²) >= 11 is 1.40. The number of alkyl halides is 3. The Morgan fingerprint density at radius 2 is 2.00 bits per heavy atom. The average Bonchev–Trinajstić information content (AvgIpc) is 3.29. The molecular weight excluding hydrogens is 395 g/mol. The lowest BCUT2D eigenvalue weighted by molar-refractivity contribution is -0.137. The average molecular weight is 409 g/mol. The van der Waals surface area contributed by atoms with Gasteiger partial charge in [-0.3, -0.25) is 0 Å². The van der Waals surface area contributed by atoms with Gasteiger partial charge in [0, 0.05) is 17.6 Å². The zero-order valence-corrected chi connectivity index (χ0v) is 15.2. The first-order valence-corrected chi connectivity index (χ1v) is 8.65. The van der Waals surface area contributed by atoms with Crippen LogP contribution in [0.1, 0.15) is 21.7 Å². The van der Waals surface area contributed by atoms with Gasteiger partial charge in [0.05, 0.1) is 23.1 Å². The lowest BCUT2D eigenvalue weighted by Crippen LogP contribution is -2.07. The van der Waals surface area contributed by atoms with E-state index in [0.29, 0.717) is 11.2 Å². The minimum absolute atomic E-state index is 0.0705. The number of imidazole rings is 1. The highest BCUT2D eigenvalue weighted by Crippen LogP contribution is 2.32. The van der Waals surface area contributed by atoms with Crippen molar-refractivity contribution in [3.8, 4) is 5.69 Å². The first-order valence-electron chi connectivity index (χ1n) is 7.77. The number of carboxylic acid groups (broad SMARTS) is 1.